The quantitative estimate of drug-likeness (QED) is 0.760. The molecule has 0 aliphatic rings. The molecule has 0 bridgehead atoms. The first-order chi connectivity index (χ1) is 10.1. The second-order valence-corrected chi connectivity index (χ2v) is 5.64. The lowest BCUT2D eigenvalue weighted by Crippen LogP contribution is -2.24. The van der Waals surface area contributed by atoms with Gasteiger partial charge in [-0.3, -0.25) is 0 Å². The lowest BCUT2D eigenvalue weighted by molar-refractivity contribution is 0.0579. The number of benzene rings is 3. The Hall–Kier alpha value is -2.32. The van der Waals surface area contributed by atoms with Gasteiger partial charge in [-0.2, -0.15) is 0 Å². The van der Waals surface area contributed by atoms with Crippen molar-refractivity contribution in [3.63, 3.8) is 0 Å². The van der Waals surface area contributed by atoms with Crippen molar-refractivity contribution in [3.8, 4) is 5.75 Å². The molecule has 2 N–H and O–H groups in total. The van der Waals surface area contributed by atoms with Crippen LogP contribution in [0.1, 0.15) is 18.1 Å². The monoisotopic (exact) mass is 278 g/mol. The normalized spacial score (nSPS) is 14.0. The average molecular weight is 278 g/mol. The van der Waals surface area contributed by atoms with E-state index >= 15 is 0 Å². The fourth-order valence-electron chi connectivity index (χ4n) is 2.74. The molecule has 0 amide bonds. The van der Waals surface area contributed by atoms with E-state index in [1.807, 2.05) is 18.2 Å². The molecule has 21 heavy (non-hydrogen) atoms. The van der Waals surface area contributed by atoms with Gasteiger partial charge in [0, 0.05) is 6.42 Å². The average Bonchev–Trinajstić information content (AvgIpc) is 2.48. The minimum Gasteiger partial charge on any atom is -0.508 e. The van der Waals surface area contributed by atoms with Crippen molar-refractivity contribution in [1.82, 2.24) is 0 Å². The lowest BCUT2D eigenvalue weighted by atomic mass is 9.87. The second kappa shape index (κ2) is 5.23. The van der Waals surface area contributed by atoms with Crippen LogP contribution in [0.5, 0.6) is 5.75 Å². The smallest absolute Gasteiger partial charge is 0.115 e. The topological polar surface area (TPSA) is 40.5 Å². The van der Waals surface area contributed by atoms with Crippen LogP contribution in [0.4, 0.5) is 0 Å². The molecule has 1 unspecified atom stereocenters. The third-order valence-corrected chi connectivity index (χ3v) is 3.90. The number of hydrogen-bond donors (Lipinski definition) is 2. The molecule has 0 fully saturated rings. The van der Waals surface area contributed by atoms with Crippen molar-refractivity contribution in [1.29, 1.82) is 0 Å². The molecule has 0 aliphatic heterocycles. The fraction of sp³-hybridized carbons (Fsp3) is 0.158. The molecule has 106 valence electrons. The van der Waals surface area contributed by atoms with E-state index in [2.05, 4.69) is 24.3 Å². The number of aliphatic hydroxyl groups is 1. The minimum atomic E-state index is -0.974. The summed E-state index contributed by atoms with van der Waals surface area (Å²) in [6.07, 6.45) is 0.527. The van der Waals surface area contributed by atoms with Crippen LogP contribution in [0.25, 0.3) is 10.8 Å². The van der Waals surface area contributed by atoms with Gasteiger partial charge in [-0.25, -0.2) is 0 Å². The van der Waals surface area contributed by atoms with Crippen LogP contribution >= 0.6 is 0 Å². The van der Waals surface area contributed by atoms with Crippen LogP contribution in [0.3, 0.4) is 0 Å². The maximum atomic E-state index is 10.8. The Morgan fingerprint density at radius 3 is 2.29 bits per heavy atom. The summed E-state index contributed by atoms with van der Waals surface area (Å²) in [7, 11) is 0. The van der Waals surface area contributed by atoms with Gasteiger partial charge in [0.25, 0.3) is 0 Å². The van der Waals surface area contributed by atoms with E-state index in [0.29, 0.717) is 6.42 Å². The molecule has 2 heteroatoms. The molecule has 1 atom stereocenters. The Labute approximate surface area is 124 Å². The highest BCUT2D eigenvalue weighted by Gasteiger charge is 2.24. The van der Waals surface area contributed by atoms with Crippen LogP contribution < -0.4 is 0 Å². The summed E-state index contributed by atoms with van der Waals surface area (Å²) in [5, 5.41) is 22.5. The van der Waals surface area contributed by atoms with Gasteiger partial charge in [0.2, 0.25) is 0 Å². The number of fused-ring (bicyclic) bond motifs is 1. The molecule has 0 saturated heterocycles. The maximum Gasteiger partial charge on any atom is 0.115 e. The molecule has 3 rings (SSSR count). The zero-order valence-corrected chi connectivity index (χ0v) is 12.0. The highest BCUT2D eigenvalue weighted by molar-refractivity contribution is 5.85. The van der Waals surface area contributed by atoms with Crippen molar-refractivity contribution >= 4 is 10.8 Å². The Morgan fingerprint density at radius 2 is 1.52 bits per heavy atom. The summed E-state index contributed by atoms with van der Waals surface area (Å²) < 4.78 is 0. The number of rotatable bonds is 3. The van der Waals surface area contributed by atoms with Crippen LogP contribution in [0, 0.1) is 0 Å². The Kier molecular flexibility index (Phi) is 3.40. The summed E-state index contributed by atoms with van der Waals surface area (Å²) in [6, 6.07) is 21.1. The van der Waals surface area contributed by atoms with Crippen molar-refractivity contribution in [2.45, 2.75) is 18.9 Å². The van der Waals surface area contributed by atoms with Crippen LogP contribution in [-0.2, 0) is 12.0 Å². The zero-order chi connectivity index (χ0) is 14.9. The van der Waals surface area contributed by atoms with Crippen molar-refractivity contribution in [2.24, 2.45) is 0 Å². The van der Waals surface area contributed by atoms with E-state index < -0.39 is 5.60 Å². The fourth-order valence-corrected chi connectivity index (χ4v) is 2.74. The Bertz CT molecular complexity index is 753. The molecule has 0 aromatic heterocycles. The molecule has 0 saturated carbocycles. The minimum absolute atomic E-state index is 0.208. The van der Waals surface area contributed by atoms with Gasteiger partial charge in [0.1, 0.15) is 5.75 Å². The van der Waals surface area contributed by atoms with Gasteiger partial charge < -0.3 is 10.2 Å². The molecule has 0 spiro atoms. The van der Waals surface area contributed by atoms with Gasteiger partial charge in [-0.1, -0.05) is 54.6 Å². The molecule has 0 aliphatic carbocycles. The van der Waals surface area contributed by atoms with E-state index in [1.54, 1.807) is 31.2 Å². The van der Waals surface area contributed by atoms with E-state index in [1.165, 1.54) is 10.8 Å². The van der Waals surface area contributed by atoms with Crippen LogP contribution in [0.2, 0.25) is 0 Å². The van der Waals surface area contributed by atoms with Gasteiger partial charge in [-0.05, 0) is 41.0 Å². The van der Waals surface area contributed by atoms with E-state index in [0.717, 1.165) is 11.1 Å². The van der Waals surface area contributed by atoms with Crippen LogP contribution in [-0.4, -0.2) is 10.2 Å². The van der Waals surface area contributed by atoms with Gasteiger partial charge >= 0.3 is 0 Å². The molecule has 0 radical (unpaired) electrons. The molecule has 2 nitrogen and oxygen atoms in total. The molecule has 3 aromatic rings. The first kappa shape index (κ1) is 13.7. The Morgan fingerprint density at radius 1 is 0.857 bits per heavy atom. The molecular formula is C19H18O2. The third-order valence-electron chi connectivity index (χ3n) is 3.90. The van der Waals surface area contributed by atoms with Crippen molar-refractivity contribution in [3.05, 3.63) is 77.9 Å². The summed E-state index contributed by atoms with van der Waals surface area (Å²) in [5.41, 5.74) is 0.942. The largest absolute Gasteiger partial charge is 0.508 e. The molecular weight excluding hydrogens is 260 g/mol. The summed E-state index contributed by atoms with van der Waals surface area (Å²) >= 11 is 0. The van der Waals surface area contributed by atoms with Crippen molar-refractivity contribution < 1.29 is 10.2 Å². The van der Waals surface area contributed by atoms with Gasteiger partial charge in [0.15, 0.2) is 0 Å². The van der Waals surface area contributed by atoms with Gasteiger partial charge in [0.05, 0.1) is 5.60 Å². The standard InChI is InChI=1S/C19H18O2/c1-19(21,16-9-11-17(20)12-10-16)13-15-7-4-6-14-5-2-3-8-18(14)15/h2-12,20-21H,13H2,1H3. The SMILES string of the molecule is CC(O)(Cc1cccc2ccccc12)c1ccc(O)cc1. The highest BCUT2D eigenvalue weighted by Crippen LogP contribution is 2.29. The van der Waals surface area contributed by atoms with E-state index in [4.69, 9.17) is 0 Å². The summed E-state index contributed by atoms with van der Waals surface area (Å²) in [5.74, 6) is 0.208. The predicted molar refractivity (Wildman–Crippen MR) is 85.3 cm³/mol. The molecule has 3 aromatic carbocycles. The second-order valence-electron chi connectivity index (χ2n) is 5.64. The number of phenolic OH excluding ortho intramolecular Hbond substituents is 1. The lowest BCUT2D eigenvalue weighted by Gasteiger charge is -2.25. The maximum absolute atomic E-state index is 10.8. The van der Waals surface area contributed by atoms with Crippen molar-refractivity contribution in [2.75, 3.05) is 0 Å². The number of phenols is 1. The predicted octanol–water partition coefficient (Wildman–Crippen LogP) is 4.00. The first-order valence-corrected chi connectivity index (χ1v) is 7.05. The zero-order valence-electron chi connectivity index (χ0n) is 12.0. The summed E-state index contributed by atoms with van der Waals surface area (Å²) in [6.45, 7) is 1.81. The first-order valence-electron chi connectivity index (χ1n) is 7.05. The van der Waals surface area contributed by atoms with Gasteiger partial charge in [-0.15, -0.1) is 0 Å². The number of aromatic hydroxyl groups is 1. The van der Waals surface area contributed by atoms with E-state index in [9.17, 15) is 10.2 Å². The summed E-state index contributed by atoms with van der Waals surface area (Å²) in [4.78, 5) is 0. The Balaban J connectivity index is 1.99. The van der Waals surface area contributed by atoms with E-state index in [-0.39, 0.29) is 5.75 Å². The number of hydrogen-bond acceptors (Lipinski definition) is 2. The van der Waals surface area contributed by atoms with Crippen LogP contribution in [0.15, 0.2) is 66.7 Å². The third kappa shape index (κ3) is 2.76. The highest BCUT2D eigenvalue weighted by atomic mass is 16.3. The molecule has 0 heterocycles.